The van der Waals surface area contributed by atoms with Gasteiger partial charge in [-0.05, 0) is 57.6 Å². The Hall–Kier alpha value is -0.380. The van der Waals surface area contributed by atoms with Gasteiger partial charge in [0.25, 0.3) is 0 Å². The first-order valence-corrected chi connectivity index (χ1v) is 7.55. The lowest BCUT2D eigenvalue weighted by Crippen LogP contribution is -2.36. The van der Waals surface area contributed by atoms with E-state index in [-0.39, 0.29) is 0 Å². The summed E-state index contributed by atoms with van der Waals surface area (Å²) in [6, 6.07) is 8.56. The molecule has 1 saturated heterocycles. The number of likely N-dealkylation sites (tertiary alicyclic amines) is 1. The van der Waals surface area contributed by atoms with E-state index in [2.05, 4.69) is 64.1 Å². The second-order valence-electron chi connectivity index (χ2n) is 5.57. The molecule has 2 rings (SSSR count). The second-order valence-corrected chi connectivity index (χ2v) is 6.43. The number of nitrogens with zero attached hydrogens (tertiary/aromatic N) is 2. The van der Waals surface area contributed by atoms with E-state index in [1.54, 1.807) is 0 Å². The topological polar surface area (TPSA) is 6.48 Å². The van der Waals surface area contributed by atoms with Gasteiger partial charge < -0.3 is 4.90 Å². The highest BCUT2D eigenvalue weighted by Gasteiger charge is 2.19. The predicted octanol–water partition coefficient (Wildman–Crippen LogP) is 3.22. The molecule has 2 nitrogen and oxygen atoms in total. The average Bonchev–Trinajstić information content (AvgIpc) is 2.34. The quantitative estimate of drug-likeness (QED) is 0.842. The molecule has 0 unspecified atom stereocenters. The Bertz CT molecular complexity index is 371. The zero-order chi connectivity index (χ0) is 13.0. The van der Waals surface area contributed by atoms with Gasteiger partial charge in [0.05, 0.1) is 0 Å². The van der Waals surface area contributed by atoms with Crippen LogP contribution in [-0.2, 0) is 6.54 Å². The van der Waals surface area contributed by atoms with E-state index in [1.807, 2.05) is 0 Å². The van der Waals surface area contributed by atoms with Crippen molar-refractivity contribution in [2.45, 2.75) is 19.4 Å². The van der Waals surface area contributed by atoms with Crippen molar-refractivity contribution >= 4 is 15.9 Å². The van der Waals surface area contributed by atoms with Crippen LogP contribution in [0.15, 0.2) is 28.7 Å². The number of hydrogen-bond donors (Lipinski definition) is 0. The van der Waals surface area contributed by atoms with Crippen molar-refractivity contribution in [3.05, 3.63) is 34.3 Å². The van der Waals surface area contributed by atoms with Gasteiger partial charge in [0, 0.05) is 17.6 Å². The van der Waals surface area contributed by atoms with Crippen molar-refractivity contribution in [2.24, 2.45) is 5.92 Å². The molecule has 0 saturated carbocycles. The third-order valence-corrected chi connectivity index (χ3v) is 4.46. The first kappa shape index (κ1) is 14.0. The zero-order valence-electron chi connectivity index (χ0n) is 11.4. The van der Waals surface area contributed by atoms with Crippen molar-refractivity contribution in [3.63, 3.8) is 0 Å². The molecule has 1 aromatic rings. The van der Waals surface area contributed by atoms with Crippen LogP contribution in [0.2, 0.25) is 0 Å². The number of benzene rings is 1. The lowest BCUT2D eigenvalue weighted by atomic mass is 9.96. The lowest BCUT2D eigenvalue weighted by molar-refractivity contribution is 0.156. The SMILES string of the molecule is CN(C)CC1CCN(Cc2ccccc2Br)CC1. The van der Waals surface area contributed by atoms with Crippen LogP contribution in [0, 0.1) is 5.92 Å². The van der Waals surface area contributed by atoms with E-state index < -0.39 is 0 Å². The minimum atomic E-state index is 0.885. The highest BCUT2D eigenvalue weighted by molar-refractivity contribution is 9.10. The van der Waals surface area contributed by atoms with Gasteiger partial charge >= 0.3 is 0 Å². The summed E-state index contributed by atoms with van der Waals surface area (Å²) in [7, 11) is 4.35. The van der Waals surface area contributed by atoms with Gasteiger partial charge in [0.1, 0.15) is 0 Å². The number of rotatable bonds is 4. The van der Waals surface area contributed by atoms with Gasteiger partial charge in [-0.25, -0.2) is 0 Å². The molecule has 1 aromatic carbocycles. The molecule has 1 heterocycles. The summed E-state index contributed by atoms with van der Waals surface area (Å²) in [4.78, 5) is 4.89. The van der Waals surface area contributed by atoms with Crippen molar-refractivity contribution in [2.75, 3.05) is 33.7 Å². The highest BCUT2D eigenvalue weighted by Crippen LogP contribution is 2.22. The maximum absolute atomic E-state index is 3.63. The molecule has 0 aromatic heterocycles. The molecule has 0 atom stereocenters. The van der Waals surface area contributed by atoms with Crippen LogP contribution in [0.4, 0.5) is 0 Å². The Morgan fingerprint density at radius 1 is 1.22 bits per heavy atom. The number of halogens is 1. The first-order chi connectivity index (χ1) is 8.65. The molecule has 0 radical (unpaired) electrons. The molecule has 0 bridgehead atoms. The zero-order valence-corrected chi connectivity index (χ0v) is 13.0. The van der Waals surface area contributed by atoms with Crippen LogP contribution < -0.4 is 0 Å². The lowest BCUT2D eigenvalue weighted by Gasteiger charge is -2.33. The van der Waals surface area contributed by atoms with E-state index in [1.165, 1.54) is 42.5 Å². The fraction of sp³-hybridized carbons (Fsp3) is 0.600. The molecule has 100 valence electrons. The van der Waals surface area contributed by atoms with Crippen LogP contribution in [0.3, 0.4) is 0 Å². The Balaban J connectivity index is 1.82. The van der Waals surface area contributed by atoms with Crippen LogP contribution >= 0.6 is 15.9 Å². The Labute approximate surface area is 119 Å². The Morgan fingerprint density at radius 3 is 2.50 bits per heavy atom. The summed E-state index contributed by atoms with van der Waals surface area (Å²) in [5.74, 6) is 0.885. The standard InChI is InChI=1S/C15H23BrN2/c1-17(2)11-13-7-9-18(10-8-13)12-14-5-3-4-6-15(14)16/h3-6,13H,7-12H2,1-2H3. The normalized spacial score (nSPS) is 18.4. The molecule has 3 heteroatoms. The van der Waals surface area contributed by atoms with Crippen LogP contribution in [0.25, 0.3) is 0 Å². The van der Waals surface area contributed by atoms with E-state index in [0.717, 1.165) is 12.5 Å². The van der Waals surface area contributed by atoms with Gasteiger partial charge in [-0.15, -0.1) is 0 Å². The monoisotopic (exact) mass is 310 g/mol. The predicted molar refractivity (Wildman–Crippen MR) is 80.7 cm³/mol. The van der Waals surface area contributed by atoms with Crippen molar-refractivity contribution in [1.82, 2.24) is 9.80 Å². The fourth-order valence-corrected chi connectivity index (χ4v) is 3.12. The third-order valence-electron chi connectivity index (χ3n) is 3.68. The minimum Gasteiger partial charge on any atom is -0.309 e. The first-order valence-electron chi connectivity index (χ1n) is 6.75. The third kappa shape index (κ3) is 4.08. The molecule has 1 aliphatic heterocycles. The Morgan fingerprint density at radius 2 is 1.89 bits per heavy atom. The van der Waals surface area contributed by atoms with Gasteiger partial charge in [-0.3, -0.25) is 4.90 Å². The van der Waals surface area contributed by atoms with Gasteiger partial charge in [0.15, 0.2) is 0 Å². The van der Waals surface area contributed by atoms with Crippen LogP contribution in [0.5, 0.6) is 0 Å². The molecular weight excluding hydrogens is 288 g/mol. The number of piperidine rings is 1. The summed E-state index contributed by atoms with van der Waals surface area (Å²) in [6.07, 6.45) is 2.67. The molecule has 1 fully saturated rings. The summed E-state index contributed by atoms with van der Waals surface area (Å²) >= 11 is 3.63. The molecular formula is C15H23BrN2. The summed E-state index contributed by atoms with van der Waals surface area (Å²) < 4.78 is 1.24. The van der Waals surface area contributed by atoms with Crippen molar-refractivity contribution in [3.8, 4) is 0 Å². The largest absolute Gasteiger partial charge is 0.309 e. The molecule has 0 N–H and O–H groups in total. The van der Waals surface area contributed by atoms with Crippen molar-refractivity contribution in [1.29, 1.82) is 0 Å². The van der Waals surface area contributed by atoms with Crippen molar-refractivity contribution < 1.29 is 0 Å². The molecule has 0 amide bonds. The maximum Gasteiger partial charge on any atom is 0.0244 e. The number of hydrogen-bond acceptors (Lipinski definition) is 2. The highest BCUT2D eigenvalue weighted by atomic mass is 79.9. The minimum absolute atomic E-state index is 0.885. The average molecular weight is 311 g/mol. The van der Waals surface area contributed by atoms with E-state index in [4.69, 9.17) is 0 Å². The smallest absolute Gasteiger partial charge is 0.0244 e. The van der Waals surface area contributed by atoms with Crippen LogP contribution in [0.1, 0.15) is 18.4 Å². The molecule has 18 heavy (non-hydrogen) atoms. The molecule has 1 aliphatic rings. The molecule has 0 aliphatic carbocycles. The Kier molecular flexibility index (Phi) is 5.22. The van der Waals surface area contributed by atoms with E-state index in [0.29, 0.717) is 0 Å². The molecule has 0 spiro atoms. The fourth-order valence-electron chi connectivity index (χ4n) is 2.71. The second kappa shape index (κ2) is 6.69. The van der Waals surface area contributed by atoms with Gasteiger partial charge in [-0.1, -0.05) is 34.1 Å². The van der Waals surface area contributed by atoms with Gasteiger partial charge in [-0.2, -0.15) is 0 Å². The summed E-state index contributed by atoms with van der Waals surface area (Å²) in [5, 5.41) is 0. The summed E-state index contributed by atoms with van der Waals surface area (Å²) in [6.45, 7) is 4.79. The van der Waals surface area contributed by atoms with E-state index in [9.17, 15) is 0 Å². The maximum atomic E-state index is 3.63. The van der Waals surface area contributed by atoms with Crippen LogP contribution in [-0.4, -0.2) is 43.5 Å². The van der Waals surface area contributed by atoms with Gasteiger partial charge in [0.2, 0.25) is 0 Å². The summed E-state index contributed by atoms with van der Waals surface area (Å²) in [5.41, 5.74) is 1.41. The van der Waals surface area contributed by atoms with E-state index >= 15 is 0 Å².